The Bertz CT molecular complexity index is 1150. The fourth-order valence-corrected chi connectivity index (χ4v) is 3.45. The lowest BCUT2D eigenvalue weighted by Gasteiger charge is -2.04. The quantitative estimate of drug-likeness (QED) is 0.429. The molecule has 0 bridgehead atoms. The Hall–Kier alpha value is -3.59. The van der Waals surface area contributed by atoms with Gasteiger partial charge in [-0.15, -0.1) is 0 Å². The van der Waals surface area contributed by atoms with E-state index in [9.17, 15) is 9.90 Å². The van der Waals surface area contributed by atoms with Gasteiger partial charge in [-0.05, 0) is 53.8 Å². The van der Waals surface area contributed by atoms with Gasteiger partial charge in [0, 0.05) is 16.6 Å². The molecule has 0 unspecified atom stereocenters. The number of carboxylic acid groups (broad SMARTS) is 1. The molecule has 0 saturated heterocycles. The Balaban J connectivity index is 1.58. The van der Waals surface area contributed by atoms with Gasteiger partial charge >= 0.3 is 5.97 Å². The molecule has 3 aromatic carbocycles. The van der Waals surface area contributed by atoms with E-state index in [2.05, 4.69) is 53.5 Å². The summed E-state index contributed by atoms with van der Waals surface area (Å²) >= 11 is 0. The van der Waals surface area contributed by atoms with Gasteiger partial charge in [0.15, 0.2) is 0 Å². The molecule has 0 aliphatic carbocycles. The molecule has 0 fully saturated rings. The van der Waals surface area contributed by atoms with Crippen molar-refractivity contribution in [3.63, 3.8) is 0 Å². The van der Waals surface area contributed by atoms with Crippen LogP contribution in [0.5, 0.6) is 0 Å². The highest BCUT2D eigenvalue weighted by molar-refractivity contribution is 5.95. The largest absolute Gasteiger partial charge is 0.478 e. The van der Waals surface area contributed by atoms with Gasteiger partial charge in [-0.1, -0.05) is 66.7 Å². The molecule has 1 heterocycles. The molecular formula is C25H21NO2. The van der Waals surface area contributed by atoms with Crippen LogP contribution in [0.25, 0.3) is 23.1 Å². The third-order valence-corrected chi connectivity index (χ3v) is 4.99. The van der Waals surface area contributed by atoms with Crippen molar-refractivity contribution in [3.05, 3.63) is 106 Å². The van der Waals surface area contributed by atoms with Crippen LogP contribution in [0.2, 0.25) is 0 Å². The molecule has 0 aliphatic rings. The van der Waals surface area contributed by atoms with E-state index in [0.717, 1.165) is 34.1 Å². The Morgan fingerprint density at radius 2 is 1.61 bits per heavy atom. The fraction of sp³-hybridized carbons (Fsp3) is 0.0800. The van der Waals surface area contributed by atoms with Crippen molar-refractivity contribution in [1.29, 1.82) is 0 Å². The second-order valence-electron chi connectivity index (χ2n) is 6.96. The molecule has 3 heteroatoms. The van der Waals surface area contributed by atoms with Crippen LogP contribution in [0.1, 0.15) is 38.3 Å². The minimum Gasteiger partial charge on any atom is -0.478 e. The van der Waals surface area contributed by atoms with Crippen LogP contribution in [0.3, 0.4) is 0 Å². The number of fused-ring (bicyclic) bond motifs is 1. The molecule has 0 radical (unpaired) electrons. The van der Waals surface area contributed by atoms with Gasteiger partial charge in [0.1, 0.15) is 0 Å². The number of carboxylic acids is 1. The Morgan fingerprint density at radius 1 is 0.929 bits per heavy atom. The summed E-state index contributed by atoms with van der Waals surface area (Å²) in [6.07, 6.45) is 4.97. The molecule has 3 nitrogen and oxygen atoms in total. The maximum atomic E-state index is 11.3. The van der Waals surface area contributed by atoms with Gasteiger partial charge in [0.25, 0.3) is 0 Å². The number of rotatable bonds is 5. The first-order valence-electron chi connectivity index (χ1n) is 9.27. The molecule has 0 spiro atoms. The van der Waals surface area contributed by atoms with E-state index in [0.29, 0.717) is 5.56 Å². The standard InChI is InChI=1S/C25H21NO2/c1-17-22(23-16-21(25(27)28)13-14-24(23)26-17)15-20-11-9-19(10-12-20)8-7-18-5-3-2-4-6-18/h2-14,16,26H,15H2,1H3,(H,27,28)/b8-7+. The highest BCUT2D eigenvalue weighted by Crippen LogP contribution is 2.26. The van der Waals surface area contributed by atoms with E-state index in [4.69, 9.17) is 0 Å². The van der Waals surface area contributed by atoms with Crippen LogP contribution in [-0.2, 0) is 6.42 Å². The molecule has 28 heavy (non-hydrogen) atoms. The van der Waals surface area contributed by atoms with Crippen LogP contribution in [-0.4, -0.2) is 16.1 Å². The zero-order valence-electron chi connectivity index (χ0n) is 15.6. The van der Waals surface area contributed by atoms with Crippen LogP contribution >= 0.6 is 0 Å². The van der Waals surface area contributed by atoms with Crippen molar-refractivity contribution in [3.8, 4) is 0 Å². The van der Waals surface area contributed by atoms with E-state index in [1.807, 2.05) is 31.2 Å². The zero-order chi connectivity index (χ0) is 19.5. The summed E-state index contributed by atoms with van der Waals surface area (Å²) in [5.74, 6) is -0.902. The van der Waals surface area contributed by atoms with Crippen molar-refractivity contribution in [2.24, 2.45) is 0 Å². The molecule has 4 aromatic rings. The predicted molar refractivity (Wildman–Crippen MR) is 115 cm³/mol. The number of hydrogen-bond acceptors (Lipinski definition) is 1. The number of aromatic carboxylic acids is 1. The van der Waals surface area contributed by atoms with E-state index in [-0.39, 0.29) is 0 Å². The minimum atomic E-state index is -0.902. The zero-order valence-corrected chi connectivity index (χ0v) is 15.6. The Kier molecular flexibility index (Phi) is 4.81. The maximum absolute atomic E-state index is 11.3. The van der Waals surface area contributed by atoms with Crippen molar-refractivity contribution in [2.45, 2.75) is 13.3 Å². The molecule has 0 atom stereocenters. The lowest BCUT2D eigenvalue weighted by atomic mass is 9.99. The number of aryl methyl sites for hydroxylation is 1. The Morgan fingerprint density at radius 3 is 2.29 bits per heavy atom. The molecule has 138 valence electrons. The molecule has 0 aliphatic heterocycles. The molecule has 0 amide bonds. The number of H-pyrrole nitrogens is 1. The molecular weight excluding hydrogens is 346 g/mol. The van der Waals surface area contributed by atoms with Crippen LogP contribution in [0, 0.1) is 6.92 Å². The third kappa shape index (κ3) is 3.74. The SMILES string of the molecule is Cc1[nH]c2ccc(C(=O)O)cc2c1Cc1ccc(/C=C/c2ccccc2)cc1. The van der Waals surface area contributed by atoms with Crippen molar-refractivity contribution >= 4 is 29.0 Å². The molecule has 2 N–H and O–H groups in total. The van der Waals surface area contributed by atoms with Gasteiger partial charge in [-0.2, -0.15) is 0 Å². The van der Waals surface area contributed by atoms with E-state index < -0.39 is 5.97 Å². The first-order chi connectivity index (χ1) is 13.6. The number of aromatic nitrogens is 1. The number of hydrogen-bond donors (Lipinski definition) is 2. The molecule has 1 aromatic heterocycles. The van der Waals surface area contributed by atoms with Gasteiger partial charge in [-0.25, -0.2) is 4.79 Å². The average Bonchev–Trinajstić information content (AvgIpc) is 3.02. The topological polar surface area (TPSA) is 53.1 Å². The summed E-state index contributed by atoms with van der Waals surface area (Å²) < 4.78 is 0. The summed E-state index contributed by atoms with van der Waals surface area (Å²) in [6.45, 7) is 2.03. The van der Waals surface area contributed by atoms with Crippen molar-refractivity contribution in [1.82, 2.24) is 4.98 Å². The first-order valence-corrected chi connectivity index (χ1v) is 9.27. The first kappa shape index (κ1) is 17.8. The average molecular weight is 367 g/mol. The fourth-order valence-electron chi connectivity index (χ4n) is 3.45. The molecule has 4 rings (SSSR count). The number of nitrogens with one attached hydrogen (secondary N) is 1. The monoisotopic (exact) mass is 367 g/mol. The predicted octanol–water partition coefficient (Wildman–Crippen LogP) is 5.94. The minimum absolute atomic E-state index is 0.314. The summed E-state index contributed by atoms with van der Waals surface area (Å²) in [6, 6.07) is 23.9. The summed E-state index contributed by atoms with van der Waals surface area (Å²) in [5, 5.41) is 10.3. The van der Waals surface area contributed by atoms with E-state index in [1.54, 1.807) is 12.1 Å². The van der Waals surface area contributed by atoms with Crippen molar-refractivity contribution in [2.75, 3.05) is 0 Å². The van der Waals surface area contributed by atoms with Gasteiger partial charge in [-0.3, -0.25) is 0 Å². The summed E-state index contributed by atoms with van der Waals surface area (Å²) in [7, 11) is 0. The van der Waals surface area contributed by atoms with Crippen LogP contribution in [0.4, 0.5) is 0 Å². The highest BCUT2D eigenvalue weighted by Gasteiger charge is 2.12. The maximum Gasteiger partial charge on any atom is 0.335 e. The second kappa shape index (κ2) is 7.57. The van der Waals surface area contributed by atoms with E-state index >= 15 is 0 Å². The van der Waals surface area contributed by atoms with Crippen LogP contribution < -0.4 is 0 Å². The molecule has 0 saturated carbocycles. The number of aromatic amines is 1. The highest BCUT2D eigenvalue weighted by atomic mass is 16.4. The van der Waals surface area contributed by atoms with Crippen molar-refractivity contribution < 1.29 is 9.90 Å². The number of carbonyl (C=O) groups is 1. The third-order valence-electron chi connectivity index (χ3n) is 4.99. The summed E-state index contributed by atoms with van der Waals surface area (Å²) in [5.41, 5.74) is 7.03. The van der Waals surface area contributed by atoms with Gasteiger partial charge in [0.05, 0.1) is 5.56 Å². The Labute approximate surface area is 164 Å². The smallest absolute Gasteiger partial charge is 0.335 e. The lowest BCUT2D eigenvalue weighted by Crippen LogP contribution is -1.95. The van der Waals surface area contributed by atoms with Gasteiger partial charge in [0.2, 0.25) is 0 Å². The van der Waals surface area contributed by atoms with Gasteiger partial charge < -0.3 is 10.1 Å². The number of benzene rings is 3. The lowest BCUT2D eigenvalue weighted by molar-refractivity contribution is 0.0697. The second-order valence-corrected chi connectivity index (χ2v) is 6.96. The normalized spacial score (nSPS) is 11.3. The van der Waals surface area contributed by atoms with Crippen LogP contribution in [0.15, 0.2) is 72.8 Å². The van der Waals surface area contributed by atoms with E-state index in [1.165, 1.54) is 11.1 Å². The summed E-state index contributed by atoms with van der Waals surface area (Å²) in [4.78, 5) is 14.7.